The van der Waals surface area contributed by atoms with Gasteiger partial charge in [0.2, 0.25) is 0 Å². The van der Waals surface area contributed by atoms with Crippen molar-refractivity contribution < 1.29 is 9.18 Å². The maximum atomic E-state index is 13.8. The third kappa shape index (κ3) is 3.30. The Balaban J connectivity index is 2.02. The largest absolute Gasteiger partial charge is 0.300 e. The topological polar surface area (TPSA) is 47.8 Å². The molecule has 1 aliphatic rings. The molecular weight excluding hydrogens is 369 g/mol. The number of Topliss-reactive ketones (excluding diaryl/α,β-unsaturated/α-hetero) is 1. The van der Waals surface area contributed by atoms with E-state index in [9.17, 15) is 9.18 Å². The Bertz CT molecular complexity index is 1010. The summed E-state index contributed by atoms with van der Waals surface area (Å²) in [7, 11) is -1.62. The standard InChI is InChI=1S/C22H26FN3OSi/c1-28(2,3)15-22(17-10-13-19(27)14-17,16-8-11-18(23)12-9-16)26-21-7-5-4-6-20(21)24-25-26/h4-9,11-12,17H,10,13-15H2,1-3H3. The van der Waals surface area contributed by atoms with Gasteiger partial charge in [-0.05, 0) is 48.2 Å². The van der Waals surface area contributed by atoms with Crippen LogP contribution in [0.1, 0.15) is 24.8 Å². The van der Waals surface area contributed by atoms with E-state index in [1.807, 2.05) is 41.1 Å². The summed E-state index contributed by atoms with van der Waals surface area (Å²) in [6.07, 6.45) is 1.97. The molecule has 0 saturated heterocycles. The smallest absolute Gasteiger partial charge is 0.133 e. The maximum absolute atomic E-state index is 13.8. The van der Waals surface area contributed by atoms with Crippen molar-refractivity contribution in [3.05, 3.63) is 59.9 Å². The minimum atomic E-state index is -1.62. The second-order valence-corrected chi connectivity index (χ2v) is 14.6. The van der Waals surface area contributed by atoms with Gasteiger partial charge in [-0.1, -0.05) is 49.1 Å². The van der Waals surface area contributed by atoms with Crippen molar-refractivity contribution in [3.8, 4) is 0 Å². The first kappa shape index (κ1) is 19.0. The lowest BCUT2D eigenvalue weighted by Crippen LogP contribution is -2.47. The number of benzene rings is 2. The van der Waals surface area contributed by atoms with Crippen molar-refractivity contribution in [2.45, 2.75) is 50.5 Å². The normalized spacial score (nSPS) is 19.9. The summed E-state index contributed by atoms with van der Waals surface area (Å²) < 4.78 is 15.8. The van der Waals surface area contributed by atoms with E-state index < -0.39 is 13.6 Å². The van der Waals surface area contributed by atoms with Gasteiger partial charge in [0.15, 0.2) is 0 Å². The first-order valence-corrected chi connectivity index (χ1v) is 13.6. The number of carbonyl (C=O) groups excluding carboxylic acids is 1. The van der Waals surface area contributed by atoms with Crippen molar-refractivity contribution >= 4 is 24.9 Å². The van der Waals surface area contributed by atoms with Crippen LogP contribution in [0, 0.1) is 11.7 Å². The molecule has 0 radical (unpaired) electrons. The molecule has 1 aliphatic carbocycles. The molecule has 0 aliphatic heterocycles. The summed E-state index contributed by atoms with van der Waals surface area (Å²) in [6, 6.07) is 15.6. The Hall–Kier alpha value is -2.34. The molecule has 0 spiro atoms. The van der Waals surface area contributed by atoms with Crippen LogP contribution in [0.2, 0.25) is 25.7 Å². The molecule has 1 aromatic heterocycles. The molecule has 146 valence electrons. The van der Waals surface area contributed by atoms with Crippen molar-refractivity contribution in [3.63, 3.8) is 0 Å². The van der Waals surface area contributed by atoms with Crippen molar-refractivity contribution in [2.75, 3.05) is 0 Å². The monoisotopic (exact) mass is 395 g/mol. The number of nitrogens with zero attached hydrogens (tertiary/aromatic N) is 3. The highest BCUT2D eigenvalue weighted by atomic mass is 28.3. The number of rotatable bonds is 5. The molecule has 28 heavy (non-hydrogen) atoms. The summed E-state index contributed by atoms with van der Waals surface area (Å²) in [5.74, 6) is 0.176. The summed E-state index contributed by atoms with van der Waals surface area (Å²) in [4.78, 5) is 12.3. The van der Waals surface area contributed by atoms with Gasteiger partial charge in [-0.15, -0.1) is 5.10 Å². The first-order valence-electron chi connectivity index (χ1n) is 9.88. The minimum absolute atomic E-state index is 0.127. The molecule has 3 aromatic rings. The Kier molecular flexibility index (Phi) is 4.69. The Labute approximate surface area is 165 Å². The second-order valence-electron chi connectivity index (χ2n) is 9.14. The predicted molar refractivity (Wildman–Crippen MR) is 112 cm³/mol. The van der Waals surface area contributed by atoms with E-state index in [2.05, 4.69) is 30.0 Å². The van der Waals surface area contributed by atoms with Crippen LogP contribution in [0.25, 0.3) is 11.0 Å². The van der Waals surface area contributed by atoms with Gasteiger partial charge in [0.25, 0.3) is 0 Å². The molecule has 1 fully saturated rings. The lowest BCUT2D eigenvalue weighted by atomic mass is 9.78. The average Bonchev–Trinajstić information content (AvgIpc) is 3.26. The van der Waals surface area contributed by atoms with Gasteiger partial charge in [-0.3, -0.25) is 4.79 Å². The number of aromatic nitrogens is 3. The van der Waals surface area contributed by atoms with Crippen molar-refractivity contribution in [2.24, 2.45) is 5.92 Å². The summed E-state index contributed by atoms with van der Waals surface area (Å²) in [6.45, 7) is 7.00. The summed E-state index contributed by atoms with van der Waals surface area (Å²) in [5.41, 5.74) is 2.32. The zero-order valence-corrected chi connectivity index (χ0v) is 17.7. The molecule has 4 rings (SSSR count). The summed E-state index contributed by atoms with van der Waals surface area (Å²) >= 11 is 0. The highest BCUT2D eigenvalue weighted by Crippen LogP contribution is 2.48. The van der Waals surface area contributed by atoms with Crippen LogP contribution < -0.4 is 0 Å². The fourth-order valence-corrected chi connectivity index (χ4v) is 7.04. The molecular formula is C22H26FN3OSi. The van der Waals surface area contributed by atoms with E-state index in [1.54, 1.807) is 0 Å². The van der Waals surface area contributed by atoms with E-state index in [-0.39, 0.29) is 11.7 Å². The van der Waals surface area contributed by atoms with E-state index >= 15 is 0 Å². The fourth-order valence-electron chi connectivity index (χ4n) is 4.78. The van der Waals surface area contributed by atoms with Gasteiger partial charge in [-0.2, -0.15) is 0 Å². The van der Waals surface area contributed by atoms with Gasteiger partial charge in [0, 0.05) is 20.9 Å². The number of hydrogen-bond donors (Lipinski definition) is 0. The first-order chi connectivity index (χ1) is 13.3. The molecule has 6 heteroatoms. The maximum Gasteiger partial charge on any atom is 0.133 e. The number of para-hydroxylation sites is 1. The molecule has 4 nitrogen and oxygen atoms in total. The third-order valence-electron chi connectivity index (χ3n) is 5.79. The molecule has 1 saturated carbocycles. The Morgan fingerprint density at radius 2 is 1.86 bits per heavy atom. The van der Waals surface area contributed by atoms with Crippen LogP contribution in [-0.2, 0) is 10.3 Å². The van der Waals surface area contributed by atoms with Gasteiger partial charge in [0.05, 0.1) is 11.1 Å². The molecule has 2 unspecified atom stereocenters. The molecule has 0 bridgehead atoms. The quantitative estimate of drug-likeness (QED) is 0.570. The van der Waals surface area contributed by atoms with Crippen LogP contribution in [0.4, 0.5) is 4.39 Å². The molecule has 1 heterocycles. The molecule has 0 N–H and O–H groups in total. The SMILES string of the molecule is C[Si](C)(C)CC(c1ccc(F)cc1)(C1CCC(=O)C1)n1nnc2ccccc21. The van der Waals surface area contributed by atoms with E-state index in [0.29, 0.717) is 18.6 Å². The number of hydrogen-bond acceptors (Lipinski definition) is 3. The van der Waals surface area contributed by atoms with E-state index in [4.69, 9.17) is 0 Å². The van der Waals surface area contributed by atoms with Gasteiger partial charge >= 0.3 is 0 Å². The minimum Gasteiger partial charge on any atom is -0.300 e. The van der Waals surface area contributed by atoms with Crippen LogP contribution in [-0.4, -0.2) is 28.9 Å². The van der Waals surface area contributed by atoms with Crippen molar-refractivity contribution in [1.82, 2.24) is 15.0 Å². The number of ketones is 1. The van der Waals surface area contributed by atoms with Crippen molar-refractivity contribution in [1.29, 1.82) is 0 Å². The lowest BCUT2D eigenvalue weighted by Gasteiger charge is -2.43. The van der Waals surface area contributed by atoms with Crippen LogP contribution >= 0.6 is 0 Å². The highest BCUT2D eigenvalue weighted by Gasteiger charge is 2.49. The lowest BCUT2D eigenvalue weighted by molar-refractivity contribution is -0.117. The van der Waals surface area contributed by atoms with Gasteiger partial charge in [0.1, 0.15) is 17.1 Å². The molecule has 0 amide bonds. The number of halogens is 1. The van der Waals surface area contributed by atoms with Gasteiger partial charge in [-0.25, -0.2) is 9.07 Å². The summed E-state index contributed by atoms with van der Waals surface area (Å²) in [5, 5.41) is 9.02. The third-order valence-corrected chi connectivity index (χ3v) is 7.39. The van der Waals surface area contributed by atoms with Crippen LogP contribution in [0.3, 0.4) is 0 Å². The zero-order valence-electron chi connectivity index (χ0n) is 16.7. The molecule has 2 atom stereocenters. The number of carbonyl (C=O) groups is 1. The Morgan fingerprint density at radius 3 is 2.50 bits per heavy atom. The van der Waals surface area contributed by atoms with E-state index in [0.717, 1.165) is 29.1 Å². The number of fused-ring (bicyclic) bond motifs is 1. The fraction of sp³-hybridized carbons (Fsp3) is 0.409. The highest BCUT2D eigenvalue weighted by molar-refractivity contribution is 6.76. The van der Waals surface area contributed by atoms with E-state index in [1.165, 1.54) is 12.1 Å². The van der Waals surface area contributed by atoms with Crippen LogP contribution in [0.15, 0.2) is 48.5 Å². The predicted octanol–water partition coefficient (Wildman–Crippen LogP) is 5.02. The second kappa shape index (κ2) is 6.92. The zero-order chi connectivity index (χ0) is 19.9. The molecule has 2 aromatic carbocycles. The van der Waals surface area contributed by atoms with Gasteiger partial charge < -0.3 is 0 Å². The average molecular weight is 396 g/mol. The Morgan fingerprint density at radius 1 is 1.14 bits per heavy atom. The van der Waals surface area contributed by atoms with Crippen LogP contribution in [0.5, 0.6) is 0 Å².